The normalized spacial score (nSPS) is 11.9. The minimum atomic E-state index is -0.619. The maximum absolute atomic E-state index is 11.7. The molecule has 1 heterocycles. The molecule has 2 amide bonds. The van der Waals surface area contributed by atoms with E-state index in [9.17, 15) is 9.59 Å². The number of nitrogens with one attached hydrogen (secondary N) is 2. The Bertz CT molecular complexity index is 393. The molecular formula is C9H15N5O2. The lowest BCUT2D eigenvalue weighted by Crippen LogP contribution is -2.44. The van der Waals surface area contributed by atoms with Crippen molar-refractivity contribution in [1.29, 1.82) is 0 Å². The average Bonchev–Trinajstić information content (AvgIpc) is 2.57. The molecule has 7 heteroatoms. The summed E-state index contributed by atoms with van der Waals surface area (Å²) in [5.41, 5.74) is 6.11. The van der Waals surface area contributed by atoms with E-state index in [0.717, 1.165) is 0 Å². The van der Waals surface area contributed by atoms with E-state index >= 15 is 0 Å². The highest BCUT2D eigenvalue weighted by Gasteiger charge is 2.19. The Labute approximate surface area is 93.0 Å². The van der Waals surface area contributed by atoms with E-state index in [1.807, 2.05) is 0 Å². The van der Waals surface area contributed by atoms with Crippen LogP contribution in [0.4, 0.5) is 5.69 Å². The molecule has 0 saturated carbocycles. The van der Waals surface area contributed by atoms with Crippen LogP contribution in [0.5, 0.6) is 0 Å². The molecule has 0 bridgehead atoms. The summed E-state index contributed by atoms with van der Waals surface area (Å²) in [5, 5.41) is 8.80. The number of aromatic nitrogens is 2. The molecule has 0 aliphatic carbocycles. The maximum Gasteiger partial charge on any atom is 0.272 e. The van der Waals surface area contributed by atoms with Crippen molar-refractivity contribution < 1.29 is 9.59 Å². The van der Waals surface area contributed by atoms with E-state index in [2.05, 4.69) is 15.7 Å². The van der Waals surface area contributed by atoms with Gasteiger partial charge < -0.3 is 16.4 Å². The lowest BCUT2D eigenvalue weighted by molar-refractivity contribution is -0.122. The number of aryl methyl sites for hydroxylation is 1. The third-order valence-electron chi connectivity index (χ3n) is 2.17. The first-order chi connectivity index (χ1) is 7.47. The van der Waals surface area contributed by atoms with Crippen LogP contribution >= 0.6 is 0 Å². The number of nitrogens with two attached hydrogens (primary N) is 1. The van der Waals surface area contributed by atoms with Gasteiger partial charge in [0.2, 0.25) is 5.91 Å². The van der Waals surface area contributed by atoms with Crippen LogP contribution < -0.4 is 16.4 Å². The number of hydrogen-bond donors (Lipinski definition) is 3. The zero-order valence-electron chi connectivity index (χ0n) is 9.44. The Morgan fingerprint density at radius 1 is 1.56 bits per heavy atom. The zero-order valence-corrected chi connectivity index (χ0v) is 9.44. The molecule has 0 aliphatic heterocycles. The van der Waals surface area contributed by atoms with Crippen molar-refractivity contribution >= 4 is 17.5 Å². The fourth-order valence-electron chi connectivity index (χ4n) is 1.28. The number of nitrogen functional groups attached to an aromatic ring is 1. The fourth-order valence-corrected chi connectivity index (χ4v) is 1.28. The summed E-state index contributed by atoms with van der Waals surface area (Å²) in [6, 6.07) is -0.619. The van der Waals surface area contributed by atoms with E-state index in [0.29, 0.717) is 0 Å². The second-order valence-corrected chi connectivity index (χ2v) is 3.38. The summed E-state index contributed by atoms with van der Waals surface area (Å²) in [6.45, 7) is 1.59. The number of carbonyl (C=O) groups is 2. The Hall–Kier alpha value is -2.05. The van der Waals surface area contributed by atoms with E-state index < -0.39 is 11.9 Å². The number of hydrogen-bond acceptors (Lipinski definition) is 4. The third kappa shape index (κ3) is 2.30. The lowest BCUT2D eigenvalue weighted by atomic mass is 10.2. The predicted octanol–water partition coefficient (Wildman–Crippen LogP) is -1.13. The molecular weight excluding hydrogens is 210 g/mol. The average molecular weight is 225 g/mol. The van der Waals surface area contributed by atoms with E-state index in [4.69, 9.17) is 5.73 Å². The molecule has 1 rings (SSSR count). The minimum absolute atomic E-state index is 0.246. The Kier molecular flexibility index (Phi) is 3.49. The van der Waals surface area contributed by atoms with Gasteiger partial charge in [-0.3, -0.25) is 14.3 Å². The van der Waals surface area contributed by atoms with Gasteiger partial charge in [0, 0.05) is 14.1 Å². The molecule has 0 fully saturated rings. The van der Waals surface area contributed by atoms with Crippen LogP contribution in [0.15, 0.2) is 6.20 Å². The van der Waals surface area contributed by atoms with Crippen molar-refractivity contribution in [2.24, 2.45) is 7.05 Å². The molecule has 1 unspecified atom stereocenters. The molecule has 1 atom stereocenters. The van der Waals surface area contributed by atoms with Crippen molar-refractivity contribution in [3.63, 3.8) is 0 Å². The molecule has 0 aliphatic rings. The van der Waals surface area contributed by atoms with Crippen LogP contribution in [0.25, 0.3) is 0 Å². The quantitative estimate of drug-likeness (QED) is 0.605. The number of amides is 2. The van der Waals surface area contributed by atoms with E-state index in [1.165, 1.54) is 17.9 Å². The molecule has 1 aromatic heterocycles. The first-order valence-corrected chi connectivity index (χ1v) is 4.77. The minimum Gasteiger partial charge on any atom is -0.396 e. The summed E-state index contributed by atoms with van der Waals surface area (Å²) in [5.74, 6) is -0.692. The van der Waals surface area contributed by atoms with Crippen molar-refractivity contribution in [2.45, 2.75) is 13.0 Å². The van der Waals surface area contributed by atoms with Crippen molar-refractivity contribution in [3.05, 3.63) is 11.9 Å². The van der Waals surface area contributed by atoms with Crippen LogP contribution in [-0.4, -0.2) is 34.7 Å². The molecule has 7 nitrogen and oxygen atoms in total. The number of nitrogens with zero attached hydrogens (tertiary/aromatic N) is 2. The first-order valence-electron chi connectivity index (χ1n) is 4.77. The largest absolute Gasteiger partial charge is 0.396 e. The SMILES string of the molecule is CNC(=O)C(C)NC(=O)c1c(N)cnn1C. The van der Waals surface area contributed by atoms with Crippen molar-refractivity contribution in [3.8, 4) is 0 Å². The second-order valence-electron chi connectivity index (χ2n) is 3.38. The van der Waals surface area contributed by atoms with Gasteiger partial charge in [0.1, 0.15) is 11.7 Å². The Balaban J connectivity index is 2.77. The monoisotopic (exact) mass is 225 g/mol. The Morgan fingerprint density at radius 3 is 2.62 bits per heavy atom. The van der Waals surface area contributed by atoms with Gasteiger partial charge in [-0.2, -0.15) is 5.10 Å². The predicted molar refractivity (Wildman–Crippen MR) is 58.6 cm³/mol. The summed E-state index contributed by atoms with van der Waals surface area (Å²) < 4.78 is 1.36. The van der Waals surface area contributed by atoms with Gasteiger partial charge in [0.25, 0.3) is 5.91 Å². The molecule has 16 heavy (non-hydrogen) atoms. The van der Waals surface area contributed by atoms with Crippen LogP contribution in [-0.2, 0) is 11.8 Å². The van der Waals surface area contributed by atoms with Crippen LogP contribution in [0, 0.1) is 0 Å². The van der Waals surface area contributed by atoms with Gasteiger partial charge in [-0.25, -0.2) is 0 Å². The number of anilines is 1. The topological polar surface area (TPSA) is 102 Å². The van der Waals surface area contributed by atoms with Gasteiger partial charge in [0.15, 0.2) is 0 Å². The van der Waals surface area contributed by atoms with E-state index in [-0.39, 0.29) is 17.3 Å². The molecule has 1 aromatic rings. The maximum atomic E-state index is 11.7. The second kappa shape index (κ2) is 4.65. The molecule has 0 aromatic carbocycles. The summed E-state index contributed by atoms with van der Waals surface area (Å²) in [6.07, 6.45) is 1.39. The van der Waals surface area contributed by atoms with Crippen molar-refractivity contribution in [1.82, 2.24) is 20.4 Å². The fraction of sp³-hybridized carbons (Fsp3) is 0.444. The van der Waals surface area contributed by atoms with Crippen LogP contribution in [0.1, 0.15) is 17.4 Å². The van der Waals surface area contributed by atoms with Crippen LogP contribution in [0.2, 0.25) is 0 Å². The molecule has 0 saturated heterocycles. The molecule has 4 N–H and O–H groups in total. The number of likely N-dealkylation sites (N-methyl/N-ethyl adjacent to an activating group) is 1. The van der Waals surface area contributed by atoms with E-state index in [1.54, 1.807) is 14.0 Å². The highest BCUT2D eigenvalue weighted by atomic mass is 16.2. The molecule has 88 valence electrons. The Morgan fingerprint density at radius 2 is 2.19 bits per heavy atom. The summed E-state index contributed by atoms with van der Waals surface area (Å²) in [4.78, 5) is 23.0. The highest BCUT2D eigenvalue weighted by Crippen LogP contribution is 2.08. The highest BCUT2D eigenvalue weighted by molar-refractivity contribution is 5.99. The zero-order chi connectivity index (χ0) is 12.3. The van der Waals surface area contributed by atoms with Gasteiger partial charge in [-0.15, -0.1) is 0 Å². The van der Waals surface area contributed by atoms with Gasteiger partial charge in [-0.05, 0) is 6.92 Å². The summed E-state index contributed by atoms with van der Waals surface area (Å²) >= 11 is 0. The standard InChI is InChI=1S/C9H15N5O2/c1-5(8(15)11-2)13-9(16)7-6(10)4-12-14(7)3/h4-5H,10H2,1-3H3,(H,11,15)(H,13,16). The molecule has 0 spiro atoms. The summed E-state index contributed by atoms with van der Waals surface area (Å²) in [7, 11) is 3.11. The van der Waals surface area contributed by atoms with Gasteiger partial charge in [-0.1, -0.05) is 0 Å². The third-order valence-corrected chi connectivity index (χ3v) is 2.17. The first kappa shape index (κ1) is 12.0. The van der Waals surface area contributed by atoms with Gasteiger partial charge >= 0.3 is 0 Å². The number of carbonyl (C=O) groups excluding carboxylic acids is 2. The van der Waals surface area contributed by atoms with Crippen molar-refractivity contribution in [2.75, 3.05) is 12.8 Å². The molecule has 0 radical (unpaired) electrons. The van der Waals surface area contributed by atoms with Gasteiger partial charge in [0.05, 0.1) is 11.9 Å². The number of rotatable bonds is 3. The lowest BCUT2D eigenvalue weighted by Gasteiger charge is -2.12. The smallest absolute Gasteiger partial charge is 0.272 e. The van der Waals surface area contributed by atoms with Crippen LogP contribution in [0.3, 0.4) is 0 Å².